The number of methoxy groups -OCH3 is 2. The molecule has 1 saturated carbocycles. The fraction of sp³-hybridized carbons (Fsp3) is 0.382. The van der Waals surface area contributed by atoms with Crippen LogP contribution in [0.1, 0.15) is 60.8 Å². The van der Waals surface area contributed by atoms with Crippen molar-refractivity contribution in [2.75, 3.05) is 14.2 Å². The highest BCUT2D eigenvalue weighted by molar-refractivity contribution is 5.93. The van der Waals surface area contributed by atoms with Gasteiger partial charge in [0.15, 0.2) is 0 Å². The monoisotopic (exact) mass is 572 g/mol. The average Bonchev–Trinajstić information content (AvgIpc) is 3.40. The van der Waals surface area contributed by atoms with Gasteiger partial charge in [-0.3, -0.25) is 14.4 Å². The molecular weight excluding hydrogens is 535 g/mol. The quantitative estimate of drug-likeness (QED) is 0.358. The van der Waals surface area contributed by atoms with E-state index in [2.05, 4.69) is 5.32 Å². The van der Waals surface area contributed by atoms with Crippen molar-refractivity contribution in [3.63, 3.8) is 0 Å². The number of amides is 2. The van der Waals surface area contributed by atoms with E-state index in [-0.39, 0.29) is 30.1 Å². The number of carbonyl (C=O) groups is 3. The maximum absolute atomic E-state index is 14.5. The number of carbonyl (C=O) groups excluding carboxylic acids is 3. The molecule has 3 aromatic carbocycles. The van der Waals surface area contributed by atoms with Gasteiger partial charge in [0.2, 0.25) is 11.8 Å². The van der Waals surface area contributed by atoms with Crippen LogP contribution in [-0.2, 0) is 25.7 Å². The zero-order valence-electron chi connectivity index (χ0n) is 24.0. The third-order valence-corrected chi connectivity index (χ3v) is 8.64. The highest BCUT2D eigenvalue weighted by Crippen LogP contribution is 2.51. The van der Waals surface area contributed by atoms with Gasteiger partial charge in [-0.15, -0.1) is 0 Å². The number of hydrogen-bond acceptors (Lipinski definition) is 5. The Morgan fingerprint density at radius 1 is 0.857 bits per heavy atom. The van der Waals surface area contributed by atoms with Crippen LogP contribution in [0, 0.1) is 17.7 Å². The predicted molar refractivity (Wildman–Crippen MR) is 156 cm³/mol. The molecule has 42 heavy (non-hydrogen) atoms. The minimum atomic E-state index is -0.974. The molecule has 0 radical (unpaired) electrons. The minimum absolute atomic E-state index is 0.121. The maximum atomic E-state index is 14.5. The first-order valence-corrected chi connectivity index (χ1v) is 14.5. The molecule has 1 saturated heterocycles. The topological polar surface area (TPSA) is 84.9 Å². The summed E-state index contributed by atoms with van der Waals surface area (Å²) in [4.78, 5) is 44.1. The fourth-order valence-corrected chi connectivity index (χ4v) is 6.58. The Labute approximate surface area is 246 Å². The van der Waals surface area contributed by atoms with Crippen molar-refractivity contribution in [2.24, 2.45) is 11.8 Å². The molecular formula is C34H37FN2O5. The van der Waals surface area contributed by atoms with Crippen molar-refractivity contribution >= 4 is 17.8 Å². The summed E-state index contributed by atoms with van der Waals surface area (Å²) in [6.45, 7) is 0.151. The average molecular weight is 573 g/mol. The lowest BCUT2D eigenvalue weighted by atomic mass is 9.79. The smallest absolute Gasteiger partial charge is 0.311 e. The van der Waals surface area contributed by atoms with Gasteiger partial charge >= 0.3 is 5.97 Å². The number of hydrogen-bond donors (Lipinski definition) is 1. The third-order valence-electron chi connectivity index (χ3n) is 8.64. The second kappa shape index (κ2) is 13.2. The predicted octanol–water partition coefficient (Wildman–Crippen LogP) is 5.56. The number of benzene rings is 3. The first-order valence-electron chi connectivity index (χ1n) is 14.5. The minimum Gasteiger partial charge on any atom is -0.497 e. The van der Waals surface area contributed by atoms with Crippen LogP contribution < -0.4 is 10.1 Å². The number of likely N-dealkylation sites (tertiary alicyclic amines) is 1. The second-order valence-electron chi connectivity index (χ2n) is 11.1. The largest absolute Gasteiger partial charge is 0.497 e. The van der Waals surface area contributed by atoms with Gasteiger partial charge in [0.1, 0.15) is 17.6 Å². The van der Waals surface area contributed by atoms with E-state index in [1.54, 1.807) is 36.3 Å². The van der Waals surface area contributed by atoms with Crippen LogP contribution in [0.3, 0.4) is 0 Å². The number of rotatable bonds is 8. The summed E-state index contributed by atoms with van der Waals surface area (Å²) in [7, 11) is 2.92. The number of halogens is 1. The van der Waals surface area contributed by atoms with Crippen LogP contribution in [-0.4, -0.2) is 42.9 Å². The molecule has 7 nitrogen and oxygen atoms in total. The molecule has 4 unspecified atom stereocenters. The number of esters is 1. The van der Waals surface area contributed by atoms with E-state index in [0.717, 1.165) is 48.8 Å². The molecule has 2 amide bonds. The Morgan fingerprint density at radius 2 is 1.52 bits per heavy atom. The standard InChI is InChI=1S/C34H37FN2O5/c1-41-27-19-15-24(16-20-27)30-29(34(40)42-2)28(23-9-5-3-6-10-23)31(37(30)33(39)25-11-7-4-8-12-25)32(38)36-21-22-13-17-26(35)18-14-22/h3,5-6,9-10,13-20,25,28-31H,4,7-8,11-12,21H2,1-2H3,(H,36,38). The van der Waals surface area contributed by atoms with Crippen LogP contribution in [0.5, 0.6) is 5.75 Å². The zero-order chi connectivity index (χ0) is 29.6. The van der Waals surface area contributed by atoms with Gasteiger partial charge in [-0.25, -0.2) is 4.39 Å². The van der Waals surface area contributed by atoms with E-state index >= 15 is 0 Å². The van der Waals surface area contributed by atoms with Crippen molar-refractivity contribution < 1.29 is 28.2 Å². The number of nitrogens with one attached hydrogen (secondary N) is 1. The first kappa shape index (κ1) is 29.3. The molecule has 3 aromatic rings. The van der Waals surface area contributed by atoms with Crippen molar-refractivity contribution in [1.82, 2.24) is 10.2 Å². The summed E-state index contributed by atoms with van der Waals surface area (Å²) in [5, 5.41) is 2.99. The molecule has 1 aliphatic carbocycles. The molecule has 0 bridgehead atoms. The molecule has 1 aliphatic heterocycles. The summed E-state index contributed by atoms with van der Waals surface area (Å²) < 4.78 is 24.2. The Hall–Kier alpha value is -4.20. The lowest BCUT2D eigenvalue weighted by molar-refractivity contribution is -0.149. The van der Waals surface area contributed by atoms with Gasteiger partial charge in [0.25, 0.3) is 0 Å². The summed E-state index contributed by atoms with van der Waals surface area (Å²) in [5.74, 6) is -2.43. The Balaban J connectivity index is 1.63. The molecule has 0 spiro atoms. The van der Waals surface area contributed by atoms with E-state index in [1.165, 1.54) is 19.2 Å². The molecule has 2 aliphatic rings. The van der Waals surface area contributed by atoms with Gasteiger partial charge in [0, 0.05) is 18.4 Å². The van der Waals surface area contributed by atoms with E-state index in [9.17, 15) is 18.8 Å². The summed E-state index contributed by atoms with van der Waals surface area (Å²) >= 11 is 0. The Kier molecular flexibility index (Phi) is 9.20. The first-order chi connectivity index (χ1) is 20.4. The molecule has 2 fully saturated rings. The van der Waals surface area contributed by atoms with E-state index in [4.69, 9.17) is 9.47 Å². The van der Waals surface area contributed by atoms with E-state index in [1.807, 2.05) is 42.5 Å². The molecule has 5 rings (SSSR count). The van der Waals surface area contributed by atoms with Gasteiger partial charge in [-0.1, -0.05) is 73.9 Å². The van der Waals surface area contributed by atoms with Gasteiger partial charge in [-0.05, 0) is 53.8 Å². The van der Waals surface area contributed by atoms with Crippen LogP contribution in [0.4, 0.5) is 4.39 Å². The number of nitrogens with zero attached hydrogens (tertiary/aromatic N) is 1. The van der Waals surface area contributed by atoms with E-state index in [0.29, 0.717) is 5.75 Å². The summed E-state index contributed by atoms with van der Waals surface area (Å²) in [6, 6.07) is 20.9. The van der Waals surface area contributed by atoms with Crippen LogP contribution in [0.25, 0.3) is 0 Å². The summed E-state index contributed by atoms with van der Waals surface area (Å²) in [5.41, 5.74) is 2.22. The molecule has 1 N–H and O–H groups in total. The van der Waals surface area contributed by atoms with Crippen molar-refractivity contribution in [2.45, 2.75) is 56.7 Å². The maximum Gasteiger partial charge on any atom is 0.311 e. The molecule has 1 heterocycles. The molecule has 8 heteroatoms. The van der Waals surface area contributed by atoms with Crippen molar-refractivity contribution in [3.8, 4) is 5.75 Å². The Morgan fingerprint density at radius 3 is 2.14 bits per heavy atom. The number of ether oxygens (including phenoxy) is 2. The molecule has 0 aromatic heterocycles. The van der Waals surface area contributed by atoms with Gasteiger partial charge in [0.05, 0.1) is 26.2 Å². The van der Waals surface area contributed by atoms with Crippen LogP contribution >= 0.6 is 0 Å². The lowest BCUT2D eigenvalue weighted by Crippen LogP contribution is -2.50. The van der Waals surface area contributed by atoms with Crippen LogP contribution in [0.15, 0.2) is 78.9 Å². The van der Waals surface area contributed by atoms with Crippen LogP contribution in [0.2, 0.25) is 0 Å². The Bertz CT molecular complexity index is 1370. The highest BCUT2D eigenvalue weighted by Gasteiger charge is 2.58. The van der Waals surface area contributed by atoms with E-state index < -0.39 is 29.9 Å². The lowest BCUT2D eigenvalue weighted by Gasteiger charge is -2.35. The highest BCUT2D eigenvalue weighted by atomic mass is 19.1. The molecule has 4 atom stereocenters. The molecule has 220 valence electrons. The SMILES string of the molecule is COC(=O)C1C(c2ccccc2)C(C(=O)NCc2ccc(F)cc2)N(C(=O)C2CCCCC2)C1c1ccc(OC)cc1. The van der Waals surface area contributed by atoms with Crippen molar-refractivity contribution in [3.05, 3.63) is 101 Å². The zero-order valence-corrected chi connectivity index (χ0v) is 24.0. The second-order valence-corrected chi connectivity index (χ2v) is 11.1. The normalized spacial score (nSPS) is 22.4. The fourth-order valence-electron chi connectivity index (χ4n) is 6.58. The third kappa shape index (κ3) is 6.03. The van der Waals surface area contributed by atoms with Gasteiger partial charge in [-0.2, -0.15) is 0 Å². The van der Waals surface area contributed by atoms with Gasteiger partial charge < -0.3 is 19.7 Å². The van der Waals surface area contributed by atoms with Crippen molar-refractivity contribution in [1.29, 1.82) is 0 Å². The summed E-state index contributed by atoms with van der Waals surface area (Å²) in [6.07, 6.45) is 4.45.